The lowest BCUT2D eigenvalue weighted by atomic mass is 10.0. The summed E-state index contributed by atoms with van der Waals surface area (Å²) in [5.41, 5.74) is 0. The molecule has 0 saturated carbocycles. The fourth-order valence-corrected chi connectivity index (χ4v) is 2.91. The molecule has 2 amide bonds. The van der Waals surface area contributed by atoms with Gasteiger partial charge in [0, 0.05) is 19.0 Å². The van der Waals surface area contributed by atoms with E-state index < -0.39 is 0 Å². The number of amides is 2. The molecule has 1 heterocycles. The summed E-state index contributed by atoms with van der Waals surface area (Å²) >= 11 is 0. The van der Waals surface area contributed by atoms with E-state index in [4.69, 9.17) is 0 Å². The Morgan fingerprint density at radius 1 is 1.10 bits per heavy atom. The normalized spacial score (nSPS) is 21.7. The number of nitrogens with one attached hydrogen (secondary N) is 1. The topological polar surface area (TPSA) is 49.4 Å². The lowest BCUT2D eigenvalue weighted by Crippen LogP contribution is -2.48. The maximum absolute atomic E-state index is 12.7. The van der Waals surface area contributed by atoms with Crippen molar-refractivity contribution >= 4 is 11.8 Å². The van der Waals surface area contributed by atoms with E-state index in [2.05, 4.69) is 39.9 Å². The maximum Gasteiger partial charge on any atom is 0.245 e. The first-order valence-corrected chi connectivity index (χ1v) is 8.41. The number of hydrogen-bond donors (Lipinski definition) is 1. The molecule has 0 bridgehead atoms. The summed E-state index contributed by atoms with van der Waals surface area (Å²) in [4.78, 5) is 26.4. The number of carbonyl (C=O) groups excluding carboxylic acids is 2. The highest BCUT2D eigenvalue weighted by molar-refractivity contribution is 5.90. The van der Waals surface area contributed by atoms with Crippen molar-refractivity contribution in [2.45, 2.75) is 78.8 Å². The molecule has 21 heavy (non-hydrogen) atoms. The van der Waals surface area contributed by atoms with Crippen LogP contribution in [0.4, 0.5) is 0 Å². The van der Waals surface area contributed by atoms with E-state index >= 15 is 0 Å². The molecule has 0 spiro atoms. The highest BCUT2D eigenvalue weighted by atomic mass is 16.2. The minimum absolute atomic E-state index is 0.00544. The van der Waals surface area contributed by atoms with Crippen molar-refractivity contribution in [3.8, 4) is 0 Å². The van der Waals surface area contributed by atoms with Gasteiger partial charge in [-0.25, -0.2) is 0 Å². The fourth-order valence-electron chi connectivity index (χ4n) is 2.91. The van der Waals surface area contributed by atoms with E-state index in [1.807, 2.05) is 4.90 Å². The monoisotopic (exact) mass is 296 g/mol. The van der Waals surface area contributed by atoms with Gasteiger partial charge in [0.1, 0.15) is 6.04 Å². The number of hydrogen-bond acceptors (Lipinski definition) is 2. The summed E-state index contributed by atoms with van der Waals surface area (Å²) in [5.74, 6) is 1.21. The molecular formula is C17H32N2O2. The van der Waals surface area contributed by atoms with E-state index in [0.29, 0.717) is 24.8 Å². The lowest BCUT2D eigenvalue weighted by Gasteiger charge is -2.30. The molecule has 1 saturated heterocycles. The van der Waals surface area contributed by atoms with Crippen LogP contribution in [-0.4, -0.2) is 35.3 Å². The quantitative estimate of drug-likeness (QED) is 0.785. The van der Waals surface area contributed by atoms with Crippen molar-refractivity contribution < 1.29 is 9.59 Å². The summed E-state index contributed by atoms with van der Waals surface area (Å²) in [6, 6.07) is -0.119. The number of carbonyl (C=O) groups is 2. The molecule has 4 heteroatoms. The summed E-state index contributed by atoms with van der Waals surface area (Å²) in [7, 11) is 0. The third-order valence-electron chi connectivity index (χ3n) is 4.14. The molecule has 1 rings (SSSR count). The van der Waals surface area contributed by atoms with E-state index in [-0.39, 0.29) is 23.9 Å². The zero-order valence-corrected chi connectivity index (χ0v) is 14.3. The minimum atomic E-state index is -0.340. The smallest absolute Gasteiger partial charge is 0.245 e. The molecule has 0 aromatic carbocycles. The molecular weight excluding hydrogens is 264 g/mol. The second kappa shape index (κ2) is 8.40. The zero-order chi connectivity index (χ0) is 16.0. The predicted octanol–water partition coefficient (Wildman–Crippen LogP) is 2.96. The molecule has 0 radical (unpaired) electrons. The van der Waals surface area contributed by atoms with Crippen molar-refractivity contribution in [2.75, 3.05) is 6.54 Å². The second-order valence-electron chi connectivity index (χ2n) is 7.21. The van der Waals surface area contributed by atoms with Crippen molar-refractivity contribution in [2.24, 2.45) is 11.8 Å². The van der Waals surface area contributed by atoms with Crippen molar-refractivity contribution in [3.05, 3.63) is 0 Å². The molecule has 0 aliphatic carbocycles. The van der Waals surface area contributed by atoms with Gasteiger partial charge in [0.05, 0.1) is 0 Å². The molecule has 1 aliphatic rings. The molecule has 0 aromatic rings. The van der Waals surface area contributed by atoms with Crippen LogP contribution >= 0.6 is 0 Å². The van der Waals surface area contributed by atoms with Gasteiger partial charge >= 0.3 is 0 Å². The van der Waals surface area contributed by atoms with Crippen LogP contribution in [0.15, 0.2) is 0 Å². The van der Waals surface area contributed by atoms with Crippen LogP contribution < -0.4 is 5.32 Å². The molecule has 2 atom stereocenters. The SMILES string of the molecule is CC(C)CCCC(C)N1CCC(=O)NC(CC(C)C)C1=O. The Bertz CT molecular complexity index is 353. The summed E-state index contributed by atoms with van der Waals surface area (Å²) < 4.78 is 0. The fraction of sp³-hybridized carbons (Fsp3) is 0.882. The van der Waals surface area contributed by atoms with Gasteiger partial charge in [0.25, 0.3) is 0 Å². The standard InChI is InChI=1S/C17H32N2O2/c1-12(2)7-6-8-14(5)19-10-9-16(20)18-15(17(19)21)11-13(3)4/h12-15H,6-11H2,1-5H3,(H,18,20). The predicted molar refractivity (Wildman–Crippen MR) is 85.9 cm³/mol. The van der Waals surface area contributed by atoms with Crippen molar-refractivity contribution in [1.29, 1.82) is 0 Å². The van der Waals surface area contributed by atoms with E-state index in [1.54, 1.807) is 0 Å². The van der Waals surface area contributed by atoms with Gasteiger partial charge in [-0.2, -0.15) is 0 Å². The van der Waals surface area contributed by atoms with Gasteiger partial charge in [-0.1, -0.05) is 40.5 Å². The highest BCUT2D eigenvalue weighted by Gasteiger charge is 2.32. The largest absolute Gasteiger partial charge is 0.344 e. The van der Waals surface area contributed by atoms with Crippen LogP contribution in [-0.2, 0) is 9.59 Å². The molecule has 1 aliphatic heterocycles. The summed E-state index contributed by atoms with van der Waals surface area (Å²) in [6.45, 7) is 11.3. The van der Waals surface area contributed by atoms with Crippen molar-refractivity contribution in [1.82, 2.24) is 10.2 Å². The highest BCUT2D eigenvalue weighted by Crippen LogP contribution is 2.18. The van der Waals surface area contributed by atoms with Crippen LogP contribution in [0.2, 0.25) is 0 Å². The third-order valence-corrected chi connectivity index (χ3v) is 4.14. The molecule has 122 valence electrons. The van der Waals surface area contributed by atoms with Gasteiger partial charge in [-0.15, -0.1) is 0 Å². The summed E-state index contributed by atoms with van der Waals surface area (Å²) in [5, 5.41) is 2.89. The number of rotatable bonds is 7. The van der Waals surface area contributed by atoms with Gasteiger partial charge in [-0.3, -0.25) is 9.59 Å². The Morgan fingerprint density at radius 3 is 2.33 bits per heavy atom. The Balaban J connectivity index is 2.65. The lowest BCUT2D eigenvalue weighted by molar-refractivity contribution is -0.135. The van der Waals surface area contributed by atoms with E-state index in [9.17, 15) is 9.59 Å². The maximum atomic E-state index is 12.7. The van der Waals surface area contributed by atoms with Gasteiger partial charge in [0.15, 0.2) is 0 Å². The minimum Gasteiger partial charge on any atom is -0.344 e. The number of nitrogens with zero attached hydrogens (tertiary/aromatic N) is 1. The van der Waals surface area contributed by atoms with Gasteiger partial charge in [0.2, 0.25) is 11.8 Å². The van der Waals surface area contributed by atoms with Crippen molar-refractivity contribution in [3.63, 3.8) is 0 Å². The van der Waals surface area contributed by atoms with E-state index in [1.165, 1.54) is 6.42 Å². The second-order valence-corrected chi connectivity index (χ2v) is 7.21. The van der Waals surface area contributed by atoms with Crippen LogP contribution in [0.25, 0.3) is 0 Å². The van der Waals surface area contributed by atoms with Crippen LogP contribution in [0, 0.1) is 11.8 Å². The molecule has 1 fully saturated rings. The zero-order valence-electron chi connectivity index (χ0n) is 14.3. The van der Waals surface area contributed by atoms with Crippen LogP contribution in [0.1, 0.15) is 66.7 Å². The molecule has 2 unspecified atom stereocenters. The van der Waals surface area contributed by atoms with Gasteiger partial charge < -0.3 is 10.2 Å². The third kappa shape index (κ3) is 6.06. The Hall–Kier alpha value is -1.06. The van der Waals surface area contributed by atoms with Gasteiger partial charge in [-0.05, 0) is 31.6 Å². The molecule has 4 nitrogen and oxygen atoms in total. The summed E-state index contributed by atoms with van der Waals surface area (Å²) in [6.07, 6.45) is 4.50. The van der Waals surface area contributed by atoms with Crippen LogP contribution in [0.3, 0.4) is 0 Å². The average molecular weight is 296 g/mol. The first-order valence-electron chi connectivity index (χ1n) is 8.41. The molecule has 0 aromatic heterocycles. The average Bonchev–Trinajstić information content (AvgIpc) is 2.49. The Morgan fingerprint density at radius 2 is 1.76 bits per heavy atom. The Labute approximate surface area is 129 Å². The first-order chi connectivity index (χ1) is 9.81. The molecule has 1 N–H and O–H groups in total. The van der Waals surface area contributed by atoms with E-state index in [0.717, 1.165) is 19.3 Å². The van der Waals surface area contributed by atoms with Crippen LogP contribution in [0.5, 0.6) is 0 Å². The Kier molecular flexibility index (Phi) is 7.20. The first kappa shape index (κ1) is 18.0.